The third kappa shape index (κ3) is 10.3. The molecular formula is C35H45Cl2N3O6S. The summed E-state index contributed by atoms with van der Waals surface area (Å²) >= 11 is 12.4. The van der Waals surface area contributed by atoms with Gasteiger partial charge in [0.25, 0.3) is 15.9 Å². The summed E-state index contributed by atoms with van der Waals surface area (Å²) in [5.41, 5.74) is 1.46. The van der Waals surface area contributed by atoms with Gasteiger partial charge in [0.2, 0.25) is 0 Å². The number of hydrogen-bond donors (Lipinski definition) is 2. The Bertz CT molecular complexity index is 1590. The van der Waals surface area contributed by atoms with Crippen molar-refractivity contribution in [2.24, 2.45) is 5.92 Å². The van der Waals surface area contributed by atoms with Crippen molar-refractivity contribution in [1.29, 1.82) is 0 Å². The van der Waals surface area contributed by atoms with E-state index in [1.807, 2.05) is 33.0 Å². The molecule has 4 atom stereocenters. The van der Waals surface area contributed by atoms with Crippen molar-refractivity contribution < 1.29 is 27.8 Å². The fraction of sp³-hybridized carbons (Fsp3) is 0.457. The van der Waals surface area contributed by atoms with Crippen molar-refractivity contribution in [2.75, 3.05) is 38.1 Å². The van der Waals surface area contributed by atoms with Crippen LogP contribution in [0.1, 0.15) is 56.0 Å². The molecule has 3 aromatic rings. The van der Waals surface area contributed by atoms with Gasteiger partial charge in [-0.1, -0.05) is 54.4 Å². The van der Waals surface area contributed by atoms with Crippen molar-refractivity contribution >= 4 is 44.8 Å². The second-order valence-electron chi connectivity index (χ2n) is 12.4. The average Bonchev–Trinajstić information content (AvgIpc) is 3.04. The largest absolute Gasteiger partial charge is 0.490 e. The van der Waals surface area contributed by atoms with Crippen LogP contribution in [0.25, 0.3) is 0 Å². The Morgan fingerprint density at radius 1 is 1.04 bits per heavy atom. The second kappa shape index (κ2) is 17.0. The van der Waals surface area contributed by atoms with Gasteiger partial charge in [-0.3, -0.25) is 14.4 Å². The molecule has 0 unspecified atom stereocenters. The molecule has 0 spiro atoms. The second-order valence-corrected chi connectivity index (χ2v) is 14.9. The monoisotopic (exact) mass is 705 g/mol. The van der Waals surface area contributed by atoms with Crippen LogP contribution in [0.5, 0.6) is 5.75 Å². The first kappa shape index (κ1) is 37.0. The number of sulfonamides is 1. The van der Waals surface area contributed by atoms with E-state index in [1.165, 1.54) is 18.2 Å². The third-order valence-corrected chi connectivity index (χ3v) is 10.4. The lowest BCUT2D eigenvalue weighted by atomic mass is 10.0. The Hall–Kier alpha value is -2.86. The van der Waals surface area contributed by atoms with Crippen LogP contribution in [0.2, 0.25) is 10.0 Å². The molecule has 2 N–H and O–H groups in total. The highest BCUT2D eigenvalue weighted by Gasteiger charge is 2.30. The third-order valence-electron chi connectivity index (χ3n) is 8.29. The number of anilines is 1. The van der Waals surface area contributed by atoms with E-state index in [4.69, 9.17) is 32.7 Å². The summed E-state index contributed by atoms with van der Waals surface area (Å²) in [4.78, 5) is 18.2. The molecule has 0 saturated carbocycles. The first-order valence-electron chi connectivity index (χ1n) is 15.9. The van der Waals surface area contributed by atoms with E-state index in [-0.39, 0.29) is 46.8 Å². The van der Waals surface area contributed by atoms with Crippen molar-refractivity contribution in [2.45, 2.75) is 69.7 Å². The van der Waals surface area contributed by atoms with Crippen molar-refractivity contribution in [3.63, 3.8) is 0 Å². The standard InChI is InChI=1S/C35H45Cl2N3O6S/c1-24-20-40(25(2)23-41)35(42)30-19-28(38-47(43,44)29-11-6-5-7-12-29)14-16-33(30)46-26(3)10-8-9-17-45-34(24)22-39(4)21-27-13-15-31(36)32(37)18-27/h5-7,11-16,18-19,24-26,34,38,41H,8-10,17,20-23H2,1-4H3/t24-,25-,26+,34+/m0/s1. The molecule has 256 valence electrons. The van der Waals surface area contributed by atoms with Crippen LogP contribution >= 0.6 is 23.2 Å². The number of nitrogens with zero attached hydrogens (tertiary/aromatic N) is 2. The summed E-state index contributed by atoms with van der Waals surface area (Å²) in [7, 11) is -1.89. The molecule has 12 heteroatoms. The lowest BCUT2D eigenvalue weighted by Gasteiger charge is -2.36. The first-order valence-corrected chi connectivity index (χ1v) is 18.2. The first-order chi connectivity index (χ1) is 22.4. The molecule has 9 nitrogen and oxygen atoms in total. The molecule has 1 aliphatic heterocycles. The predicted octanol–water partition coefficient (Wildman–Crippen LogP) is 6.72. The summed E-state index contributed by atoms with van der Waals surface area (Å²) in [6.45, 7) is 7.59. The Labute approximate surface area is 288 Å². The number of carbonyl (C=O) groups is 1. The van der Waals surface area contributed by atoms with Gasteiger partial charge in [0, 0.05) is 37.8 Å². The topological polar surface area (TPSA) is 108 Å². The van der Waals surface area contributed by atoms with E-state index < -0.39 is 16.1 Å². The number of aliphatic hydroxyl groups excluding tert-OH is 1. The van der Waals surface area contributed by atoms with E-state index in [0.717, 1.165) is 24.8 Å². The van der Waals surface area contributed by atoms with Gasteiger partial charge in [-0.2, -0.15) is 0 Å². The van der Waals surface area contributed by atoms with E-state index in [9.17, 15) is 18.3 Å². The fourth-order valence-corrected chi connectivity index (χ4v) is 6.98. The van der Waals surface area contributed by atoms with E-state index in [0.29, 0.717) is 42.0 Å². The number of aliphatic hydroxyl groups is 1. The van der Waals surface area contributed by atoms with Crippen LogP contribution in [0, 0.1) is 5.92 Å². The van der Waals surface area contributed by atoms with E-state index >= 15 is 0 Å². The molecule has 3 aromatic carbocycles. The van der Waals surface area contributed by atoms with E-state index in [1.54, 1.807) is 48.2 Å². The number of hydrogen-bond acceptors (Lipinski definition) is 7. The minimum absolute atomic E-state index is 0.107. The summed E-state index contributed by atoms with van der Waals surface area (Å²) in [5, 5.41) is 11.2. The van der Waals surface area contributed by atoms with Crippen LogP contribution in [-0.4, -0.2) is 80.8 Å². The molecule has 1 heterocycles. The number of amides is 1. The number of fused-ring (bicyclic) bond motifs is 1. The van der Waals surface area contributed by atoms with Gasteiger partial charge < -0.3 is 19.5 Å². The molecule has 47 heavy (non-hydrogen) atoms. The normalized spacial score (nSPS) is 20.6. The van der Waals surface area contributed by atoms with Gasteiger partial charge in [0.05, 0.1) is 45.4 Å². The lowest BCUT2D eigenvalue weighted by Crippen LogP contribution is -2.47. The quantitative estimate of drug-likeness (QED) is 0.254. The average molecular weight is 707 g/mol. The molecule has 0 radical (unpaired) electrons. The molecule has 0 fully saturated rings. The molecule has 0 saturated heterocycles. The zero-order chi connectivity index (χ0) is 34.1. The number of ether oxygens (including phenoxy) is 2. The van der Waals surface area contributed by atoms with Crippen LogP contribution in [-0.2, 0) is 21.3 Å². The summed E-state index contributed by atoms with van der Waals surface area (Å²) in [6.07, 6.45) is 2.04. The number of halogens is 2. The number of nitrogens with one attached hydrogen (secondary N) is 1. The zero-order valence-electron chi connectivity index (χ0n) is 27.4. The Balaban J connectivity index is 1.63. The van der Waals surface area contributed by atoms with Crippen molar-refractivity contribution in [3.8, 4) is 5.75 Å². The van der Waals surface area contributed by atoms with Gasteiger partial charge in [0.1, 0.15) is 5.75 Å². The van der Waals surface area contributed by atoms with Gasteiger partial charge in [-0.15, -0.1) is 0 Å². The highest BCUT2D eigenvalue weighted by molar-refractivity contribution is 7.92. The van der Waals surface area contributed by atoms with Gasteiger partial charge in [-0.05, 0) is 88.2 Å². The highest BCUT2D eigenvalue weighted by Crippen LogP contribution is 2.30. The summed E-state index contributed by atoms with van der Waals surface area (Å²) in [5.74, 6) is -0.129. The minimum Gasteiger partial charge on any atom is -0.490 e. The Morgan fingerprint density at radius 2 is 1.79 bits per heavy atom. The Kier molecular flexibility index (Phi) is 13.4. The fourth-order valence-electron chi connectivity index (χ4n) is 5.58. The smallest absolute Gasteiger partial charge is 0.261 e. The van der Waals surface area contributed by atoms with Gasteiger partial charge in [-0.25, -0.2) is 8.42 Å². The maximum atomic E-state index is 14.4. The van der Waals surface area contributed by atoms with Gasteiger partial charge in [0.15, 0.2) is 0 Å². The van der Waals surface area contributed by atoms with Crippen LogP contribution in [0.3, 0.4) is 0 Å². The molecule has 0 aromatic heterocycles. The number of benzene rings is 3. The maximum Gasteiger partial charge on any atom is 0.261 e. The lowest BCUT2D eigenvalue weighted by molar-refractivity contribution is -0.0177. The van der Waals surface area contributed by atoms with Gasteiger partial charge >= 0.3 is 0 Å². The van der Waals surface area contributed by atoms with Crippen LogP contribution < -0.4 is 9.46 Å². The molecule has 1 aliphatic rings. The number of likely N-dealkylation sites (N-methyl/N-ethyl adjacent to an activating group) is 1. The molecule has 0 bridgehead atoms. The minimum atomic E-state index is -3.90. The molecule has 0 aliphatic carbocycles. The SMILES string of the molecule is C[C@@H]1CCCCO[C@H](CN(C)Cc2ccc(Cl)c(Cl)c2)[C@@H](C)CN([C@@H](C)CO)C(=O)c2cc(NS(=O)(=O)c3ccccc3)ccc2O1. The Morgan fingerprint density at radius 3 is 2.49 bits per heavy atom. The number of rotatable bonds is 9. The summed E-state index contributed by atoms with van der Waals surface area (Å²) in [6, 6.07) is 17.8. The summed E-state index contributed by atoms with van der Waals surface area (Å²) < 4.78 is 41.5. The molecule has 1 amide bonds. The number of carbonyl (C=O) groups excluding carboxylic acids is 1. The predicted molar refractivity (Wildman–Crippen MR) is 187 cm³/mol. The molecule has 4 rings (SSSR count). The maximum absolute atomic E-state index is 14.4. The van der Waals surface area contributed by atoms with Crippen molar-refractivity contribution in [3.05, 3.63) is 87.9 Å². The van der Waals surface area contributed by atoms with Crippen molar-refractivity contribution in [1.82, 2.24) is 9.80 Å². The molecular weight excluding hydrogens is 661 g/mol. The zero-order valence-corrected chi connectivity index (χ0v) is 29.7. The van der Waals surface area contributed by atoms with Crippen LogP contribution in [0.15, 0.2) is 71.6 Å². The van der Waals surface area contributed by atoms with E-state index in [2.05, 4.69) is 9.62 Å². The van der Waals surface area contributed by atoms with Crippen LogP contribution in [0.4, 0.5) is 5.69 Å². The highest BCUT2D eigenvalue weighted by atomic mass is 35.5.